The highest BCUT2D eigenvalue weighted by molar-refractivity contribution is 7.08. The third kappa shape index (κ3) is 2.56. The monoisotopic (exact) mass is 380 g/mol. The smallest absolute Gasteiger partial charge is 0.348 e. The first kappa shape index (κ1) is 16.2. The van der Waals surface area contributed by atoms with Gasteiger partial charge in [0, 0.05) is 18.5 Å². The molecule has 136 valence electrons. The molecule has 0 radical (unpaired) electrons. The lowest BCUT2D eigenvalue weighted by atomic mass is 10.0. The van der Waals surface area contributed by atoms with Gasteiger partial charge in [-0.25, -0.2) is 14.3 Å². The van der Waals surface area contributed by atoms with Crippen LogP contribution in [0.25, 0.3) is 27.7 Å². The summed E-state index contributed by atoms with van der Waals surface area (Å²) < 4.78 is 1.49. The SMILES string of the molecule is O=C(c1cc2n[nH]c(=O)n2c2cc(-c3ccsc3)ccc12)N1CC[C@@H](O)C1. The Bertz CT molecular complexity index is 1230. The lowest BCUT2D eigenvalue weighted by molar-refractivity contribution is 0.0767. The number of rotatable bonds is 2. The van der Waals surface area contributed by atoms with Gasteiger partial charge in [0.05, 0.1) is 17.2 Å². The molecular formula is C19H16N4O3S. The van der Waals surface area contributed by atoms with E-state index in [1.165, 1.54) is 4.40 Å². The van der Waals surface area contributed by atoms with Crippen molar-refractivity contribution < 1.29 is 9.90 Å². The molecule has 3 aromatic heterocycles. The number of aliphatic hydroxyl groups is 1. The van der Waals surface area contributed by atoms with Crippen molar-refractivity contribution in [3.05, 3.63) is 57.1 Å². The Morgan fingerprint density at radius 1 is 1.26 bits per heavy atom. The van der Waals surface area contributed by atoms with Gasteiger partial charge in [0.25, 0.3) is 5.91 Å². The first-order chi connectivity index (χ1) is 13.1. The number of aliphatic hydroxyl groups excluding tert-OH is 1. The fourth-order valence-electron chi connectivity index (χ4n) is 3.67. The van der Waals surface area contributed by atoms with Crippen LogP contribution in [0.1, 0.15) is 16.8 Å². The van der Waals surface area contributed by atoms with Crippen molar-refractivity contribution in [1.29, 1.82) is 0 Å². The number of fused-ring (bicyclic) bond motifs is 3. The van der Waals surface area contributed by atoms with Gasteiger partial charge in [-0.05, 0) is 46.5 Å². The third-order valence-corrected chi connectivity index (χ3v) is 5.72. The van der Waals surface area contributed by atoms with Crippen LogP contribution >= 0.6 is 11.3 Å². The summed E-state index contributed by atoms with van der Waals surface area (Å²) in [7, 11) is 0. The molecule has 1 fully saturated rings. The minimum Gasteiger partial charge on any atom is -0.391 e. The predicted molar refractivity (Wildman–Crippen MR) is 103 cm³/mol. The normalized spacial score (nSPS) is 17.2. The number of nitrogens with zero attached hydrogens (tertiary/aromatic N) is 3. The molecule has 2 N–H and O–H groups in total. The maximum absolute atomic E-state index is 13.1. The molecule has 1 aromatic carbocycles. The van der Waals surface area contributed by atoms with Crippen molar-refractivity contribution in [3.8, 4) is 11.1 Å². The van der Waals surface area contributed by atoms with Crippen molar-refractivity contribution in [2.75, 3.05) is 13.1 Å². The summed E-state index contributed by atoms with van der Waals surface area (Å²) >= 11 is 1.60. The number of hydrogen-bond acceptors (Lipinski definition) is 5. The molecule has 0 spiro atoms. The molecule has 0 bridgehead atoms. The quantitative estimate of drug-likeness (QED) is 0.557. The molecule has 4 heterocycles. The van der Waals surface area contributed by atoms with Crippen LogP contribution in [0.2, 0.25) is 0 Å². The number of pyridine rings is 1. The van der Waals surface area contributed by atoms with Crippen LogP contribution in [-0.4, -0.2) is 49.7 Å². The van der Waals surface area contributed by atoms with Gasteiger partial charge in [-0.3, -0.25) is 4.79 Å². The fourth-order valence-corrected chi connectivity index (χ4v) is 4.34. The first-order valence-corrected chi connectivity index (χ1v) is 9.60. The summed E-state index contributed by atoms with van der Waals surface area (Å²) in [6, 6.07) is 9.40. The van der Waals surface area contributed by atoms with Gasteiger partial charge in [0.1, 0.15) is 0 Å². The average molecular weight is 380 g/mol. The van der Waals surface area contributed by atoms with E-state index >= 15 is 0 Å². The molecule has 1 atom stereocenters. The standard InChI is InChI=1S/C19H16N4O3S/c24-13-3-5-22(9-13)18(25)15-8-17-20-21-19(26)23(17)16-7-11(1-2-14(15)16)12-4-6-27-10-12/h1-2,4,6-8,10,13,24H,3,5,9H2,(H,21,26)/t13-/m1/s1. The molecular weight excluding hydrogens is 364 g/mol. The first-order valence-electron chi connectivity index (χ1n) is 8.65. The van der Waals surface area contributed by atoms with Gasteiger partial charge in [-0.2, -0.15) is 16.4 Å². The Morgan fingerprint density at radius 2 is 2.15 bits per heavy atom. The minimum absolute atomic E-state index is 0.155. The van der Waals surface area contributed by atoms with E-state index in [1.54, 1.807) is 22.3 Å². The lowest BCUT2D eigenvalue weighted by Gasteiger charge is -2.17. The number of β-amino-alcohol motifs (C(OH)–C–C–N with tert-alkyl or cyclic N) is 1. The zero-order valence-corrected chi connectivity index (χ0v) is 15.1. The van der Waals surface area contributed by atoms with Crippen LogP contribution in [0.4, 0.5) is 0 Å². The molecule has 0 aliphatic carbocycles. The second-order valence-electron chi connectivity index (χ2n) is 6.72. The van der Waals surface area contributed by atoms with Gasteiger partial charge < -0.3 is 10.0 Å². The molecule has 1 aliphatic rings. The van der Waals surface area contributed by atoms with E-state index in [0.717, 1.165) is 11.1 Å². The van der Waals surface area contributed by atoms with Gasteiger partial charge in [-0.1, -0.05) is 12.1 Å². The molecule has 5 rings (SSSR count). The van der Waals surface area contributed by atoms with Crippen molar-refractivity contribution >= 4 is 33.8 Å². The highest BCUT2D eigenvalue weighted by Crippen LogP contribution is 2.29. The number of likely N-dealkylation sites (tertiary alicyclic amines) is 1. The molecule has 7 nitrogen and oxygen atoms in total. The average Bonchev–Trinajstić information content (AvgIpc) is 3.41. The zero-order valence-electron chi connectivity index (χ0n) is 14.3. The van der Waals surface area contributed by atoms with Crippen LogP contribution < -0.4 is 5.69 Å². The largest absolute Gasteiger partial charge is 0.391 e. The van der Waals surface area contributed by atoms with Gasteiger partial charge in [-0.15, -0.1) is 0 Å². The van der Waals surface area contributed by atoms with Crippen molar-refractivity contribution in [2.45, 2.75) is 12.5 Å². The van der Waals surface area contributed by atoms with Crippen molar-refractivity contribution in [2.24, 2.45) is 0 Å². The van der Waals surface area contributed by atoms with Crippen LogP contribution in [0, 0.1) is 0 Å². The number of amides is 1. The number of H-pyrrole nitrogens is 1. The number of carbonyl (C=O) groups excluding carboxylic acids is 1. The summed E-state index contributed by atoms with van der Waals surface area (Å²) in [5.41, 5.74) is 3.22. The predicted octanol–water partition coefficient (Wildman–Crippen LogP) is 2.11. The second-order valence-corrected chi connectivity index (χ2v) is 7.50. The molecule has 27 heavy (non-hydrogen) atoms. The highest BCUT2D eigenvalue weighted by Gasteiger charge is 2.27. The van der Waals surface area contributed by atoms with Crippen molar-refractivity contribution in [3.63, 3.8) is 0 Å². The summed E-state index contributed by atoms with van der Waals surface area (Å²) in [5.74, 6) is -0.155. The van der Waals surface area contributed by atoms with E-state index in [-0.39, 0.29) is 11.6 Å². The zero-order chi connectivity index (χ0) is 18.5. The number of nitrogens with one attached hydrogen (secondary N) is 1. The second kappa shape index (κ2) is 6.04. The Kier molecular flexibility index (Phi) is 3.63. The van der Waals surface area contributed by atoms with E-state index in [1.807, 2.05) is 35.0 Å². The Morgan fingerprint density at radius 3 is 2.89 bits per heavy atom. The van der Waals surface area contributed by atoms with Gasteiger partial charge in [0.15, 0.2) is 5.65 Å². The maximum Gasteiger partial charge on any atom is 0.348 e. The van der Waals surface area contributed by atoms with E-state index < -0.39 is 6.10 Å². The molecule has 4 aromatic rings. The molecule has 0 unspecified atom stereocenters. The summed E-state index contributed by atoms with van der Waals surface area (Å²) in [5, 5.41) is 21.0. The fraction of sp³-hybridized carbons (Fsp3) is 0.211. The van der Waals surface area contributed by atoms with Crippen LogP contribution in [0.5, 0.6) is 0 Å². The number of hydrogen-bond donors (Lipinski definition) is 2. The number of aromatic nitrogens is 3. The van der Waals surface area contributed by atoms with Gasteiger partial charge >= 0.3 is 5.69 Å². The maximum atomic E-state index is 13.1. The number of aromatic amines is 1. The molecule has 1 amide bonds. The van der Waals surface area contributed by atoms with Gasteiger partial charge in [0.2, 0.25) is 0 Å². The summed E-state index contributed by atoms with van der Waals surface area (Å²) in [4.78, 5) is 27.0. The summed E-state index contributed by atoms with van der Waals surface area (Å²) in [6.07, 6.45) is 0.0953. The molecule has 8 heteroatoms. The van der Waals surface area contributed by atoms with Crippen molar-refractivity contribution in [1.82, 2.24) is 19.5 Å². The molecule has 1 aliphatic heterocycles. The number of benzene rings is 1. The Balaban J connectivity index is 1.76. The third-order valence-electron chi connectivity index (χ3n) is 5.04. The lowest BCUT2D eigenvalue weighted by Crippen LogP contribution is -2.30. The number of thiophene rings is 1. The Labute approximate surface area is 157 Å². The molecule has 1 saturated heterocycles. The number of carbonyl (C=O) groups is 1. The van der Waals surface area contributed by atoms with Crippen LogP contribution in [-0.2, 0) is 0 Å². The van der Waals surface area contributed by atoms with Crippen LogP contribution in [0.15, 0.2) is 45.9 Å². The van der Waals surface area contributed by atoms with E-state index in [2.05, 4.69) is 10.2 Å². The molecule has 0 saturated carbocycles. The van der Waals surface area contributed by atoms with E-state index in [9.17, 15) is 14.7 Å². The minimum atomic E-state index is -0.484. The van der Waals surface area contributed by atoms with E-state index in [4.69, 9.17) is 0 Å². The van der Waals surface area contributed by atoms with E-state index in [0.29, 0.717) is 41.6 Å². The summed E-state index contributed by atoms with van der Waals surface area (Å²) in [6.45, 7) is 0.846. The highest BCUT2D eigenvalue weighted by atomic mass is 32.1. The Hall–Kier alpha value is -2.97. The van der Waals surface area contributed by atoms with Crippen LogP contribution in [0.3, 0.4) is 0 Å². The topological polar surface area (TPSA) is 90.7 Å².